The average Bonchev–Trinajstić information content (AvgIpc) is 3.11. The number of benzene rings is 2. The lowest BCUT2D eigenvalue weighted by Gasteiger charge is -2.18. The highest BCUT2D eigenvalue weighted by Gasteiger charge is 2.22. The second-order valence-corrected chi connectivity index (χ2v) is 8.57. The molecule has 0 fully saturated rings. The van der Waals surface area contributed by atoms with Crippen molar-refractivity contribution in [3.63, 3.8) is 0 Å². The monoisotopic (exact) mass is 399 g/mol. The summed E-state index contributed by atoms with van der Waals surface area (Å²) in [7, 11) is 1.73. The van der Waals surface area contributed by atoms with Crippen molar-refractivity contribution in [2.24, 2.45) is 0 Å². The van der Waals surface area contributed by atoms with Crippen molar-refractivity contribution < 1.29 is 9.59 Å². The predicted molar refractivity (Wildman–Crippen MR) is 115 cm³/mol. The summed E-state index contributed by atoms with van der Waals surface area (Å²) in [6.45, 7) is 3.81. The van der Waals surface area contributed by atoms with Crippen molar-refractivity contribution >= 4 is 55.9 Å². The fourth-order valence-corrected chi connectivity index (χ4v) is 4.18. The summed E-state index contributed by atoms with van der Waals surface area (Å²) in [6, 6.07) is 15.4. The van der Waals surface area contributed by atoms with E-state index in [1.54, 1.807) is 11.9 Å². The summed E-state index contributed by atoms with van der Waals surface area (Å²) in [4.78, 5) is 30.9. The van der Waals surface area contributed by atoms with Gasteiger partial charge in [-0.05, 0) is 38.1 Å². The molecule has 0 bridgehead atoms. The molecule has 0 saturated carbocycles. The zero-order chi connectivity index (χ0) is 19.4. The minimum absolute atomic E-state index is 0.0674. The quantitative estimate of drug-likeness (QED) is 0.670. The molecular formula is C20H21N3O2S2. The molecule has 3 rings (SSSR count). The normalized spacial score (nSPS) is 12.0. The number of hydrogen-bond donors (Lipinski definition) is 1. The van der Waals surface area contributed by atoms with E-state index in [-0.39, 0.29) is 22.8 Å². The number of nitrogens with one attached hydrogen (secondary N) is 1. The van der Waals surface area contributed by atoms with E-state index in [1.165, 1.54) is 23.1 Å². The fraction of sp³-hybridized carbons (Fsp3) is 0.250. The van der Waals surface area contributed by atoms with Gasteiger partial charge in [0.1, 0.15) is 0 Å². The number of carbonyl (C=O) groups excluding carboxylic acids is 2. The minimum Gasteiger partial charge on any atom is -0.325 e. The third-order valence-electron chi connectivity index (χ3n) is 4.05. The molecule has 7 heteroatoms. The van der Waals surface area contributed by atoms with E-state index in [1.807, 2.05) is 62.4 Å². The topological polar surface area (TPSA) is 62.3 Å². The smallest absolute Gasteiger partial charge is 0.241 e. The van der Waals surface area contributed by atoms with Gasteiger partial charge in [0.25, 0.3) is 0 Å². The number of thiazole rings is 1. The van der Waals surface area contributed by atoms with Crippen LogP contribution in [0.2, 0.25) is 0 Å². The highest BCUT2D eigenvalue weighted by Crippen LogP contribution is 2.29. The first-order valence-electron chi connectivity index (χ1n) is 8.55. The molecule has 0 spiro atoms. The Morgan fingerprint density at radius 2 is 1.89 bits per heavy atom. The molecule has 27 heavy (non-hydrogen) atoms. The van der Waals surface area contributed by atoms with Crippen LogP contribution in [-0.2, 0) is 9.59 Å². The molecule has 0 aliphatic heterocycles. The van der Waals surface area contributed by atoms with E-state index >= 15 is 0 Å². The summed E-state index contributed by atoms with van der Waals surface area (Å²) >= 11 is 2.80. The van der Waals surface area contributed by atoms with E-state index < -0.39 is 0 Å². The largest absolute Gasteiger partial charge is 0.325 e. The average molecular weight is 400 g/mol. The van der Waals surface area contributed by atoms with Crippen molar-refractivity contribution in [2.75, 3.05) is 23.0 Å². The van der Waals surface area contributed by atoms with Gasteiger partial charge in [-0.25, -0.2) is 4.98 Å². The van der Waals surface area contributed by atoms with Crippen LogP contribution in [0.4, 0.5) is 10.8 Å². The molecule has 0 aliphatic carbocycles. The molecule has 1 heterocycles. The Morgan fingerprint density at radius 1 is 1.19 bits per heavy atom. The summed E-state index contributed by atoms with van der Waals surface area (Å²) < 4.78 is 1.05. The van der Waals surface area contributed by atoms with E-state index in [4.69, 9.17) is 0 Å². The van der Waals surface area contributed by atoms with Gasteiger partial charge in [-0.2, -0.15) is 0 Å². The Bertz CT molecular complexity index is 920. The van der Waals surface area contributed by atoms with Crippen LogP contribution >= 0.6 is 23.1 Å². The molecule has 1 atom stereocenters. The van der Waals surface area contributed by atoms with Crippen LogP contribution in [0.3, 0.4) is 0 Å². The number of fused-ring (bicyclic) bond motifs is 1. The summed E-state index contributed by atoms with van der Waals surface area (Å²) in [5.41, 5.74) is 2.78. The summed E-state index contributed by atoms with van der Waals surface area (Å²) in [6.07, 6.45) is 0. The lowest BCUT2D eigenvalue weighted by molar-refractivity contribution is -0.117. The maximum absolute atomic E-state index is 12.7. The van der Waals surface area contributed by atoms with Crippen LogP contribution in [0.1, 0.15) is 12.5 Å². The molecule has 0 saturated heterocycles. The molecular weight excluding hydrogens is 378 g/mol. The van der Waals surface area contributed by atoms with Crippen LogP contribution in [-0.4, -0.2) is 34.8 Å². The number of rotatable bonds is 6. The van der Waals surface area contributed by atoms with Crippen LogP contribution in [0.25, 0.3) is 10.2 Å². The van der Waals surface area contributed by atoms with E-state index in [0.29, 0.717) is 5.13 Å². The van der Waals surface area contributed by atoms with Gasteiger partial charge in [0.15, 0.2) is 5.13 Å². The third-order valence-corrected chi connectivity index (χ3v) is 6.29. The number of hydrogen-bond acceptors (Lipinski definition) is 5. The maximum Gasteiger partial charge on any atom is 0.241 e. The molecule has 5 nitrogen and oxygen atoms in total. The number of para-hydroxylation sites is 1. The lowest BCUT2D eigenvalue weighted by Crippen LogP contribution is -2.33. The van der Waals surface area contributed by atoms with Gasteiger partial charge < -0.3 is 5.32 Å². The number of aryl methyl sites for hydroxylation is 1. The number of thioether (sulfide) groups is 1. The fourth-order valence-electron chi connectivity index (χ4n) is 2.48. The van der Waals surface area contributed by atoms with Crippen molar-refractivity contribution in [1.29, 1.82) is 0 Å². The maximum atomic E-state index is 12.7. The van der Waals surface area contributed by atoms with Crippen LogP contribution < -0.4 is 10.2 Å². The summed E-state index contributed by atoms with van der Waals surface area (Å²) in [5.74, 6) is 0.0300. The number of nitrogens with zero attached hydrogens (tertiary/aromatic N) is 2. The Morgan fingerprint density at radius 3 is 2.59 bits per heavy atom. The molecule has 3 aromatic rings. The zero-order valence-corrected chi connectivity index (χ0v) is 17.1. The Labute approximate surface area is 166 Å². The van der Waals surface area contributed by atoms with E-state index in [2.05, 4.69) is 10.3 Å². The summed E-state index contributed by atoms with van der Waals surface area (Å²) in [5, 5.41) is 3.17. The first-order valence-corrected chi connectivity index (χ1v) is 10.4. The molecule has 1 aromatic heterocycles. The second kappa shape index (κ2) is 8.54. The molecule has 1 N–H and O–H groups in total. The Hall–Kier alpha value is -2.38. The molecule has 140 valence electrons. The Balaban J connectivity index is 1.54. The Kier molecular flexibility index (Phi) is 6.13. The SMILES string of the molecule is Cc1ccc(NC(=O)CSC(C)C(=O)N(C)c2nc3ccccc3s2)cc1. The highest BCUT2D eigenvalue weighted by molar-refractivity contribution is 8.01. The first kappa shape index (κ1) is 19.4. The zero-order valence-electron chi connectivity index (χ0n) is 15.4. The minimum atomic E-state index is -0.342. The van der Waals surface area contributed by atoms with Gasteiger partial charge in [-0.1, -0.05) is 41.2 Å². The lowest BCUT2D eigenvalue weighted by atomic mass is 10.2. The molecule has 0 radical (unpaired) electrons. The highest BCUT2D eigenvalue weighted by atomic mass is 32.2. The molecule has 2 aromatic carbocycles. The van der Waals surface area contributed by atoms with Gasteiger partial charge in [0.05, 0.1) is 21.2 Å². The predicted octanol–water partition coefficient (Wildman–Crippen LogP) is 4.33. The van der Waals surface area contributed by atoms with E-state index in [0.717, 1.165) is 21.5 Å². The van der Waals surface area contributed by atoms with E-state index in [9.17, 15) is 9.59 Å². The van der Waals surface area contributed by atoms with Crippen molar-refractivity contribution in [3.8, 4) is 0 Å². The third kappa shape index (κ3) is 4.87. The van der Waals surface area contributed by atoms with Crippen molar-refractivity contribution in [1.82, 2.24) is 4.98 Å². The van der Waals surface area contributed by atoms with Crippen LogP contribution in [0.15, 0.2) is 48.5 Å². The molecule has 1 unspecified atom stereocenters. The van der Waals surface area contributed by atoms with Crippen molar-refractivity contribution in [2.45, 2.75) is 19.1 Å². The second-order valence-electron chi connectivity index (χ2n) is 6.23. The molecule has 2 amide bonds. The van der Waals surface area contributed by atoms with Gasteiger partial charge in [-0.15, -0.1) is 11.8 Å². The number of carbonyl (C=O) groups is 2. The number of aromatic nitrogens is 1. The van der Waals surface area contributed by atoms with Gasteiger partial charge in [0.2, 0.25) is 11.8 Å². The first-order chi connectivity index (χ1) is 12.9. The molecule has 0 aliphatic rings. The van der Waals surface area contributed by atoms with Gasteiger partial charge >= 0.3 is 0 Å². The van der Waals surface area contributed by atoms with Crippen LogP contribution in [0, 0.1) is 6.92 Å². The van der Waals surface area contributed by atoms with Gasteiger partial charge in [-0.3, -0.25) is 14.5 Å². The van der Waals surface area contributed by atoms with Gasteiger partial charge in [0, 0.05) is 12.7 Å². The number of amides is 2. The van der Waals surface area contributed by atoms with Crippen LogP contribution in [0.5, 0.6) is 0 Å². The number of anilines is 2. The standard InChI is InChI=1S/C20H21N3O2S2/c1-13-8-10-15(11-9-13)21-18(24)12-26-14(2)19(25)23(3)20-22-16-6-4-5-7-17(16)27-20/h4-11,14H,12H2,1-3H3,(H,21,24). The van der Waals surface area contributed by atoms with Crippen molar-refractivity contribution in [3.05, 3.63) is 54.1 Å².